The van der Waals surface area contributed by atoms with E-state index < -0.39 is 23.3 Å². The average molecular weight is 411 g/mol. The predicted molar refractivity (Wildman–Crippen MR) is 106 cm³/mol. The van der Waals surface area contributed by atoms with Gasteiger partial charge in [-0.15, -0.1) is 10.2 Å². The van der Waals surface area contributed by atoms with Gasteiger partial charge in [-0.1, -0.05) is 0 Å². The number of phenolic OH excluding ortho intramolecular Hbond substituents is 1. The van der Waals surface area contributed by atoms with E-state index in [1.165, 1.54) is 36.5 Å². The van der Waals surface area contributed by atoms with Crippen molar-refractivity contribution in [2.24, 2.45) is 5.73 Å². The maximum Gasteiger partial charge on any atom is 0.248 e. The molecule has 9 heteroatoms. The number of carbonyl (C=O) groups is 1. The van der Waals surface area contributed by atoms with E-state index in [-0.39, 0.29) is 36.4 Å². The minimum atomic E-state index is -0.998. The fourth-order valence-electron chi connectivity index (χ4n) is 3.71. The molecule has 1 aliphatic rings. The molecule has 4 rings (SSSR count). The van der Waals surface area contributed by atoms with Crippen LogP contribution in [0.1, 0.15) is 28.9 Å². The summed E-state index contributed by atoms with van der Waals surface area (Å²) < 4.78 is 27.9. The molecule has 1 aromatic carbocycles. The van der Waals surface area contributed by atoms with Gasteiger partial charge in [0.25, 0.3) is 0 Å². The zero-order valence-corrected chi connectivity index (χ0v) is 15.8. The zero-order valence-electron chi connectivity index (χ0n) is 15.8. The predicted octanol–water partition coefficient (Wildman–Crippen LogP) is 2.96. The first kappa shape index (κ1) is 19.7. The van der Waals surface area contributed by atoms with Gasteiger partial charge in [0.2, 0.25) is 5.91 Å². The number of pyridine rings is 1. The summed E-state index contributed by atoms with van der Waals surface area (Å²) in [6, 6.07) is 10.3. The number of rotatable bonds is 6. The number of halogens is 2. The maximum absolute atomic E-state index is 14.2. The van der Waals surface area contributed by atoms with Crippen LogP contribution >= 0.6 is 0 Å². The molecule has 30 heavy (non-hydrogen) atoms. The first-order valence-corrected chi connectivity index (χ1v) is 9.34. The highest BCUT2D eigenvalue weighted by Crippen LogP contribution is 2.45. The van der Waals surface area contributed by atoms with Crippen LogP contribution in [0.5, 0.6) is 5.75 Å². The summed E-state index contributed by atoms with van der Waals surface area (Å²) in [7, 11) is 0. The molecule has 0 aliphatic heterocycles. The summed E-state index contributed by atoms with van der Waals surface area (Å²) in [5.41, 5.74) is 5.66. The quantitative estimate of drug-likeness (QED) is 0.575. The van der Waals surface area contributed by atoms with Gasteiger partial charge in [-0.25, -0.2) is 8.78 Å². The Morgan fingerprint density at radius 3 is 2.67 bits per heavy atom. The minimum absolute atomic E-state index is 0.0666. The Kier molecular flexibility index (Phi) is 5.03. The van der Waals surface area contributed by atoms with Crippen LogP contribution < -0.4 is 11.1 Å². The van der Waals surface area contributed by atoms with Crippen LogP contribution in [0.25, 0.3) is 11.3 Å². The van der Waals surface area contributed by atoms with Crippen molar-refractivity contribution in [3.05, 3.63) is 65.7 Å². The van der Waals surface area contributed by atoms with Gasteiger partial charge in [0.05, 0.1) is 11.4 Å². The molecule has 4 N–H and O–H groups in total. The van der Waals surface area contributed by atoms with Crippen molar-refractivity contribution < 1.29 is 18.7 Å². The molecule has 0 unspecified atom stereocenters. The highest BCUT2D eigenvalue weighted by molar-refractivity contribution is 5.94. The molecule has 0 radical (unpaired) electrons. The molecule has 154 valence electrons. The van der Waals surface area contributed by atoms with Gasteiger partial charge >= 0.3 is 0 Å². The number of aromatic nitrogens is 3. The van der Waals surface area contributed by atoms with Crippen molar-refractivity contribution in [3.63, 3.8) is 0 Å². The van der Waals surface area contributed by atoms with E-state index in [2.05, 4.69) is 20.5 Å². The standard InChI is InChI=1S/C21H19F2N5O2/c22-13-9-21(10-13,19-15(23)2-1-7-25-19)11-26-18-6-4-16(27-28-18)14-8-12(20(24)30)3-5-17(14)29/h1-8,13,29H,9-11H2,(H2,24,30)(H,26,28). The lowest BCUT2D eigenvalue weighted by atomic mass is 9.65. The van der Waals surface area contributed by atoms with Crippen molar-refractivity contribution in [1.29, 1.82) is 0 Å². The Morgan fingerprint density at radius 1 is 1.23 bits per heavy atom. The van der Waals surface area contributed by atoms with Crippen LogP contribution in [0.4, 0.5) is 14.6 Å². The van der Waals surface area contributed by atoms with Crippen molar-refractivity contribution in [1.82, 2.24) is 15.2 Å². The molecule has 7 nitrogen and oxygen atoms in total. The lowest BCUT2D eigenvalue weighted by Crippen LogP contribution is -2.49. The molecule has 2 heterocycles. The molecule has 3 aromatic rings. The van der Waals surface area contributed by atoms with Crippen molar-refractivity contribution >= 4 is 11.7 Å². The van der Waals surface area contributed by atoms with Gasteiger partial charge in [-0.2, -0.15) is 0 Å². The summed E-state index contributed by atoms with van der Waals surface area (Å²) in [5, 5.41) is 21.3. The molecule has 1 aliphatic carbocycles. The van der Waals surface area contributed by atoms with Crippen molar-refractivity contribution in [2.45, 2.75) is 24.4 Å². The molecule has 1 saturated carbocycles. The van der Waals surface area contributed by atoms with Gasteiger partial charge in [-0.3, -0.25) is 9.78 Å². The molecule has 0 spiro atoms. The maximum atomic E-state index is 14.2. The van der Waals surface area contributed by atoms with E-state index in [9.17, 15) is 18.7 Å². The molecule has 0 atom stereocenters. The number of anilines is 1. The van der Waals surface area contributed by atoms with Crippen LogP contribution in [-0.2, 0) is 5.41 Å². The van der Waals surface area contributed by atoms with Crippen LogP contribution in [0, 0.1) is 5.82 Å². The summed E-state index contributed by atoms with van der Waals surface area (Å²) >= 11 is 0. The van der Waals surface area contributed by atoms with E-state index in [0.717, 1.165) is 0 Å². The van der Waals surface area contributed by atoms with Gasteiger partial charge in [0.1, 0.15) is 23.6 Å². The van der Waals surface area contributed by atoms with Gasteiger partial charge in [0.15, 0.2) is 0 Å². The fraction of sp³-hybridized carbons (Fsp3) is 0.238. The van der Waals surface area contributed by atoms with Crippen LogP contribution in [0.2, 0.25) is 0 Å². The third kappa shape index (κ3) is 3.66. The summed E-state index contributed by atoms with van der Waals surface area (Å²) in [6.07, 6.45) is 0.843. The number of benzene rings is 1. The molecular formula is C21H19F2N5O2. The molecule has 0 saturated heterocycles. The third-order valence-electron chi connectivity index (χ3n) is 5.31. The summed E-state index contributed by atoms with van der Waals surface area (Å²) in [4.78, 5) is 15.5. The van der Waals surface area contributed by atoms with E-state index in [1.54, 1.807) is 12.1 Å². The zero-order chi connectivity index (χ0) is 21.3. The van der Waals surface area contributed by atoms with E-state index >= 15 is 0 Å². The Hall–Kier alpha value is -3.62. The number of hydrogen-bond acceptors (Lipinski definition) is 6. The number of hydrogen-bond donors (Lipinski definition) is 3. The van der Waals surface area contributed by atoms with E-state index in [4.69, 9.17) is 5.73 Å². The normalized spacial score (nSPS) is 20.4. The Balaban J connectivity index is 1.52. The topological polar surface area (TPSA) is 114 Å². The minimum Gasteiger partial charge on any atom is -0.507 e. The number of alkyl halides is 1. The van der Waals surface area contributed by atoms with Crippen molar-refractivity contribution in [3.8, 4) is 17.0 Å². The Morgan fingerprint density at radius 2 is 2.03 bits per heavy atom. The Labute approximate surface area is 171 Å². The number of phenols is 1. The molecule has 1 amide bonds. The summed E-state index contributed by atoms with van der Waals surface area (Å²) in [6.45, 7) is 0.248. The SMILES string of the molecule is NC(=O)c1ccc(O)c(-c2ccc(NCC3(c4ncccc4F)CC(F)C3)nn2)c1. The fourth-order valence-corrected chi connectivity index (χ4v) is 3.71. The van der Waals surface area contributed by atoms with E-state index in [0.29, 0.717) is 17.1 Å². The average Bonchev–Trinajstić information content (AvgIpc) is 2.71. The van der Waals surface area contributed by atoms with Gasteiger partial charge in [-0.05, 0) is 55.3 Å². The van der Waals surface area contributed by atoms with Crippen molar-refractivity contribution in [2.75, 3.05) is 11.9 Å². The number of aromatic hydroxyl groups is 1. The largest absolute Gasteiger partial charge is 0.507 e. The molecular weight excluding hydrogens is 392 g/mol. The van der Waals surface area contributed by atoms with Crippen LogP contribution in [0.15, 0.2) is 48.7 Å². The summed E-state index contributed by atoms with van der Waals surface area (Å²) in [5.74, 6) is -0.746. The van der Waals surface area contributed by atoms with Gasteiger partial charge in [0, 0.05) is 29.3 Å². The lowest BCUT2D eigenvalue weighted by Gasteiger charge is -2.44. The van der Waals surface area contributed by atoms with Gasteiger partial charge < -0.3 is 16.2 Å². The highest BCUT2D eigenvalue weighted by Gasteiger charge is 2.48. The second-order valence-electron chi connectivity index (χ2n) is 7.37. The number of primary amides is 1. The number of carbonyl (C=O) groups excluding carboxylic acids is 1. The number of amides is 1. The van der Waals surface area contributed by atoms with E-state index in [1.807, 2.05) is 0 Å². The number of nitrogens with two attached hydrogens (primary N) is 1. The first-order valence-electron chi connectivity index (χ1n) is 9.34. The molecule has 1 fully saturated rings. The van der Waals surface area contributed by atoms with Crippen LogP contribution in [-0.4, -0.2) is 38.9 Å². The highest BCUT2D eigenvalue weighted by atomic mass is 19.1. The second kappa shape index (κ2) is 7.66. The lowest BCUT2D eigenvalue weighted by molar-refractivity contribution is 0.0963. The monoisotopic (exact) mass is 411 g/mol. The Bertz CT molecular complexity index is 1090. The second-order valence-corrected chi connectivity index (χ2v) is 7.37. The smallest absolute Gasteiger partial charge is 0.248 e. The number of nitrogens with zero attached hydrogens (tertiary/aromatic N) is 3. The third-order valence-corrected chi connectivity index (χ3v) is 5.31. The number of nitrogens with one attached hydrogen (secondary N) is 1. The molecule has 2 aromatic heterocycles. The van der Waals surface area contributed by atoms with Crippen LogP contribution in [0.3, 0.4) is 0 Å². The molecule has 0 bridgehead atoms. The first-order chi connectivity index (χ1) is 14.4.